The maximum Gasteiger partial charge on any atom is 0.379 e. The van der Waals surface area contributed by atoms with Gasteiger partial charge in [0.15, 0.2) is 0 Å². The molecule has 0 aliphatic carbocycles. The van der Waals surface area contributed by atoms with Gasteiger partial charge in [0.05, 0.1) is 18.2 Å². The quantitative estimate of drug-likeness (QED) is 0.484. The highest BCUT2D eigenvalue weighted by atomic mass is 79.9. The van der Waals surface area contributed by atoms with Crippen molar-refractivity contribution < 1.29 is 19.1 Å². The van der Waals surface area contributed by atoms with E-state index in [1.165, 1.54) is 0 Å². The predicted molar refractivity (Wildman–Crippen MR) is 75.9 cm³/mol. The fourth-order valence-electron chi connectivity index (χ4n) is 1.97. The Morgan fingerprint density at radius 1 is 1.11 bits per heavy atom. The lowest BCUT2D eigenvalue weighted by atomic mass is 9.94. The molecule has 1 rings (SSSR count). The topological polar surface area (TPSA) is 52.6 Å². The Hall–Kier alpha value is -1.36. The van der Waals surface area contributed by atoms with Crippen LogP contribution in [-0.4, -0.2) is 25.5 Å². The zero-order valence-corrected chi connectivity index (χ0v) is 13.3. The summed E-state index contributed by atoms with van der Waals surface area (Å²) < 4.78 is 10.8. The van der Waals surface area contributed by atoms with Crippen LogP contribution in [0, 0.1) is 20.8 Å². The smallest absolute Gasteiger partial charge is 0.379 e. The lowest BCUT2D eigenvalue weighted by Gasteiger charge is -2.17. The van der Waals surface area contributed by atoms with Crippen molar-refractivity contribution in [1.29, 1.82) is 0 Å². The van der Waals surface area contributed by atoms with Crippen molar-refractivity contribution in [2.24, 2.45) is 0 Å². The Balaban J connectivity index is 3.45. The van der Waals surface area contributed by atoms with Crippen LogP contribution in [-0.2, 0) is 9.53 Å². The molecular weight excluding hydrogens is 312 g/mol. The van der Waals surface area contributed by atoms with Crippen LogP contribution in [0.2, 0.25) is 0 Å². The lowest BCUT2D eigenvalue weighted by Crippen LogP contribution is -2.20. The largest absolute Gasteiger partial charge is 0.495 e. The second-order valence-electron chi connectivity index (χ2n) is 4.15. The molecule has 4 nitrogen and oxygen atoms in total. The molecule has 0 atom stereocenters. The Kier molecular flexibility index (Phi) is 5.11. The second kappa shape index (κ2) is 6.19. The number of ether oxygens (including phenoxy) is 2. The molecule has 0 fully saturated rings. The third-order valence-corrected chi connectivity index (χ3v) is 4.03. The average Bonchev–Trinajstić information content (AvgIpc) is 2.37. The summed E-state index contributed by atoms with van der Waals surface area (Å²) in [6.45, 7) is 7.26. The number of esters is 1. The fourth-order valence-corrected chi connectivity index (χ4v) is 2.62. The molecule has 0 N–H and O–H groups in total. The minimum Gasteiger partial charge on any atom is -0.495 e. The third-order valence-electron chi connectivity index (χ3n) is 3.07. The van der Waals surface area contributed by atoms with E-state index in [1.54, 1.807) is 27.9 Å². The van der Waals surface area contributed by atoms with Crippen molar-refractivity contribution in [3.63, 3.8) is 0 Å². The van der Waals surface area contributed by atoms with Crippen molar-refractivity contribution in [3.05, 3.63) is 26.7 Å². The first kappa shape index (κ1) is 15.7. The maximum atomic E-state index is 12.1. The van der Waals surface area contributed by atoms with Crippen molar-refractivity contribution in [2.45, 2.75) is 27.7 Å². The normalized spacial score (nSPS) is 10.2. The molecule has 0 unspecified atom stereocenters. The summed E-state index contributed by atoms with van der Waals surface area (Å²) in [5.74, 6) is -0.774. The van der Waals surface area contributed by atoms with Gasteiger partial charge in [-0.15, -0.1) is 0 Å². The molecule has 0 radical (unpaired) electrons. The van der Waals surface area contributed by atoms with Gasteiger partial charge in [0.2, 0.25) is 0 Å². The third kappa shape index (κ3) is 2.81. The monoisotopic (exact) mass is 328 g/mol. The van der Waals surface area contributed by atoms with Gasteiger partial charge in [0.25, 0.3) is 5.78 Å². The zero-order chi connectivity index (χ0) is 14.7. The van der Waals surface area contributed by atoms with Gasteiger partial charge in [-0.3, -0.25) is 4.79 Å². The lowest BCUT2D eigenvalue weighted by molar-refractivity contribution is -0.137. The van der Waals surface area contributed by atoms with Crippen LogP contribution in [0.1, 0.15) is 34.0 Å². The highest BCUT2D eigenvalue weighted by molar-refractivity contribution is 9.10. The number of ketones is 1. The van der Waals surface area contributed by atoms with E-state index in [0.717, 1.165) is 11.1 Å². The Morgan fingerprint density at radius 3 is 2.16 bits per heavy atom. The van der Waals surface area contributed by atoms with Gasteiger partial charge >= 0.3 is 5.97 Å². The van der Waals surface area contributed by atoms with Crippen LogP contribution in [0.4, 0.5) is 0 Å². The van der Waals surface area contributed by atoms with E-state index in [1.807, 2.05) is 6.92 Å². The molecular formula is C14H17BrO4. The summed E-state index contributed by atoms with van der Waals surface area (Å²) in [6, 6.07) is 0. The number of methoxy groups -OCH3 is 1. The molecule has 0 saturated heterocycles. The predicted octanol–water partition coefficient (Wildman–Crippen LogP) is 3.13. The summed E-state index contributed by atoms with van der Waals surface area (Å²) in [6.07, 6.45) is 0. The molecule has 5 heteroatoms. The van der Waals surface area contributed by atoms with E-state index in [-0.39, 0.29) is 6.61 Å². The number of Topliss-reactive ketones (excluding diaryl/α,β-unsaturated/α-hetero) is 1. The highest BCUT2D eigenvalue weighted by Gasteiger charge is 2.26. The minimum absolute atomic E-state index is 0.180. The van der Waals surface area contributed by atoms with Crippen molar-refractivity contribution >= 4 is 27.7 Å². The second-order valence-corrected chi connectivity index (χ2v) is 4.94. The Labute approximate surface area is 121 Å². The number of rotatable bonds is 4. The first-order valence-corrected chi connectivity index (χ1v) is 6.70. The van der Waals surface area contributed by atoms with Crippen molar-refractivity contribution in [1.82, 2.24) is 0 Å². The summed E-state index contributed by atoms with van der Waals surface area (Å²) >= 11 is 3.40. The molecule has 0 spiro atoms. The van der Waals surface area contributed by atoms with Crippen molar-refractivity contribution in [2.75, 3.05) is 13.7 Å². The van der Waals surface area contributed by atoms with Crippen LogP contribution >= 0.6 is 15.9 Å². The number of carbonyl (C=O) groups is 2. The molecule has 0 bridgehead atoms. The summed E-state index contributed by atoms with van der Waals surface area (Å²) in [7, 11) is 1.57. The fraction of sp³-hybridized carbons (Fsp3) is 0.429. The zero-order valence-electron chi connectivity index (χ0n) is 11.7. The molecule has 0 saturated carbocycles. The number of hydrogen-bond donors (Lipinski definition) is 0. The van der Waals surface area contributed by atoms with E-state index in [4.69, 9.17) is 9.47 Å². The van der Waals surface area contributed by atoms with Gasteiger partial charge < -0.3 is 9.47 Å². The van der Waals surface area contributed by atoms with Gasteiger partial charge in [0.1, 0.15) is 5.75 Å². The SMILES string of the molecule is CCOC(=O)C(=O)c1c(C)c(C)c(OC)c(Br)c1C. The molecule has 104 valence electrons. The van der Waals surface area contributed by atoms with Crippen molar-refractivity contribution in [3.8, 4) is 5.75 Å². The molecule has 0 aliphatic rings. The number of benzene rings is 1. The first-order valence-electron chi connectivity index (χ1n) is 5.91. The maximum absolute atomic E-state index is 12.1. The summed E-state index contributed by atoms with van der Waals surface area (Å²) in [5.41, 5.74) is 2.62. The number of carbonyl (C=O) groups excluding carboxylic acids is 2. The van der Waals surface area contributed by atoms with Crippen LogP contribution < -0.4 is 4.74 Å². The van der Waals surface area contributed by atoms with Crippen LogP contribution in [0.5, 0.6) is 5.75 Å². The van der Waals surface area contributed by atoms with Gasteiger partial charge in [-0.1, -0.05) is 0 Å². The molecule has 0 aromatic heterocycles. The summed E-state index contributed by atoms with van der Waals surface area (Å²) in [4.78, 5) is 23.8. The van der Waals surface area contributed by atoms with E-state index in [9.17, 15) is 9.59 Å². The Bertz CT molecular complexity index is 506. The van der Waals surface area contributed by atoms with Crippen LogP contribution in [0.3, 0.4) is 0 Å². The average molecular weight is 329 g/mol. The molecule has 1 aromatic carbocycles. The number of halogens is 1. The minimum atomic E-state index is -0.829. The highest BCUT2D eigenvalue weighted by Crippen LogP contribution is 2.37. The first-order chi connectivity index (χ1) is 8.86. The molecule has 0 aliphatic heterocycles. The molecule has 19 heavy (non-hydrogen) atoms. The van der Waals surface area contributed by atoms with Gasteiger partial charge in [-0.25, -0.2) is 4.79 Å². The molecule has 0 amide bonds. The van der Waals surface area contributed by atoms with E-state index >= 15 is 0 Å². The van der Waals surface area contributed by atoms with Gasteiger partial charge in [-0.2, -0.15) is 0 Å². The van der Waals surface area contributed by atoms with Gasteiger partial charge in [0, 0.05) is 5.56 Å². The number of hydrogen-bond acceptors (Lipinski definition) is 4. The Morgan fingerprint density at radius 2 is 1.68 bits per heavy atom. The van der Waals surface area contributed by atoms with E-state index < -0.39 is 11.8 Å². The standard InChI is InChI=1S/C14H17BrO4/c1-6-19-14(17)12(16)10-7(2)8(3)13(18-5)11(15)9(10)4/h6H2,1-5H3. The summed E-state index contributed by atoms with van der Waals surface area (Å²) in [5, 5.41) is 0. The molecule has 1 aromatic rings. The molecule has 0 heterocycles. The van der Waals surface area contributed by atoms with Crippen LogP contribution in [0.15, 0.2) is 4.47 Å². The van der Waals surface area contributed by atoms with Crippen LogP contribution in [0.25, 0.3) is 0 Å². The van der Waals surface area contributed by atoms with Gasteiger partial charge in [-0.05, 0) is 60.3 Å². The van der Waals surface area contributed by atoms with E-state index in [2.05, 4.69) is 15.9 Å². The van der Waals surface area contributed by atoms with E-state index in [0.29, 0.717) is 21.3 Å².